The van der Waals surface area contributed by atoms with Crippen LogP contribution in [0.2, 0.25) is 0 Å². The predicted octanol–water partition coefficient (Wildman–Crippen LogP) is 7.53. The summed E-state index contributed by atoms with van der Waals surface area (Å²) in [7, 11) is 0. The van der Waals surface area contributed by atoms with Crippen LogP contribution in [0, 0.1) is 0 Å². The van der Waals surface area contributed by atoms with E-state index in [1.54, 1.807) is 0 Å². The molecule has 0 atom stereocenters. The van der Waals surface area contributed by atoms with E-state index in [0.717, 1.165) is 11.2 Å². The molecule has 0 amide bonds. The standard InChI is InChI=1S/C25H20O/c1-16(2)20-9-5-11-22-24-21(10-6-12-23(24)26-25(20)22)19-14-13-17-7-3-4-8-18(17)15-19/h3-16H,1-2H3. The van der Waals surface area contributed by atoms with Crippen LogP contribution in [0.1, 0.15) is 25.3 Å². The van der Waals surface area contributed by atoms with Crippen molar-refractivity contribution in [1.29, 1.82) is 0 Å². The second-order valence-electron chi connectivity index (χ2n) is 7.22. The molecule has 0 spiro atoms. The van der Waals surface area contributed by atoms with Crippen LogP contribution in [0.15, 0.2) is 83.3 Å². The average Bonchev–Trinajstić information content (AvgIpc) is 3.06. The number of hydrogen-bond donors (Lipinski definition) is 0. The highest BCUT2D eigenvalue weighted by molar-refractivity contribution is 6.13. The molecule has 1 heterocycles. The molecule has 0 saturated carbocycles. The molecule has 126 valence electrons. The summed E-state index contributed by atoms with van der Waals surface area (Å²) >= 11 is 0. The highest BCUT2D eigenvalue weighted by Gasteiger charge is 2.16. The van der Waals surface area contributed by atoms with Crippen LogP contribution >= 0.6 is 0 Å². The number of fused-ring (bicyclic) bond motifs is 4. The van der Waals surface area contributed by atoms with Gasteiger partial charge < -0.3 is 4.42 Å². The van der Waals surface area contributed by atoms with Crippen LogP contribution in [-0.4, -0.2) is 0 Å². The first-order valence-corrected chi connectivity index (χ1v) is 9.16. The lowest BCUT2D eigenvalue weighted by atomic mass is 9.95. The molecule has 0 fully saturated rings. The minimum Gasteiger partial charge on any atom is -0.456 e. The first-order valence-electron chi connectivity index (χ1n) is 9.16. The summed E-state index contributed by atoms with van der Waals surface area (Å²) in [6.07, 6.45) is 0. The normalized spacial score (nSPS) is 11.8. The largest absolute Gasteiger partial charge is 0.456 e. The van der Waals surface area contributed by atoms with E-state index >= 15 is 0 Å². The molecule has 0 aliphatic heterocycles. The van der Waals surface area contributed by atoms with Crippen LogP contribution in [-0.2, 0) is 0 Å². The Bertz CT molecular complexity index is 1260. The Hall–Kier alpha value is -3.06. The van der Waals surface area contributed by atoms with Gasteiger partial charge in [0.2, 0.25) is 0 Å². The van der Waals surface area contributed by atoms with Crippen molar-refractivity contribution >= 4 is 32.7 Å². The maximum absolute atomic E-state index is 6.29. The van der Waals surface area contributed by atoms with Gasteiger partial charge in [0.1, 0.15) is 11.2 Å². The zero-order valence-electron chi connectivity index (χ0n) is 15.0. The van der Waals surface area contributed by atoms with Crippen LogP contribution in [0.4, 0.5) is 0 Å². The lowest BCUT2D eigenvalue weighted by Gasteiger charge is -2.07. The molecule has 0 aliphatic rings. The minimum atomic E-state index is 0.434. The number of furan rings is 1. The van der Waals surface area contributed by atoms with E-state index in [2.05, 4.69) is 92.7 Å². The number of para-hydroxylation sites is 1. The van der Waals surface area contributed by atoms with Crippen molar-refractivity contribution in [2.24, 2.45) is 0 Å². The number of benzene rings is 4. The number of rotatable bonds is 2. The van der Waals surface area contributed by atoms with Gasteiger partial charge in [0, 0.05) is 10.8 Å². The minimum absolute atomic E-state index is 0.434. The monoisotopic (exact) mass is 336 g/mol. The highest BCUT2D eigenvalue weighted by Crippen LogP contribution is 2.39. The zero-order chi connectivity index (χ0) is 17.7. The molecule has 0 unspecified atom stereocenters. The van der Waals surface area contributed by atoms with Gasteiger partial charge in [0.15, 0.2) is 0 Å². The third-order valence-electron chi connectivity index (χ3n) is 5.24. The Morgan fingerprint density at radius 1 is 0.731 bits per heavy atom. The van der Waals surface area contributed by atoms with Gasteiger partial charge in [-0.15, -0.1) is 0 Å². The molecule has 1 heteroatoms. The van der Waals surface area contributed by atoms with Gasteiger partial charge in [-0.3, -0.25) is 0 Å². The fourth-order valence-corrected chi connectivity index (χ4v) is 3.92. The second kappa shape index (κ2) is 5.74. The molecule has 1 nitrogen and oxygen atoms in total. The van der Waals surface area contributed by atoms with Gasteiger partial charge in [-0.2, -0.15) is 0 Å². The van der Waals surface area contributed by atoms with Gasteiger partial charge in [0.05, 0.1) is 0 Å². The lowest BCUT2D eigenvalue weighted by Crippen LogP contribution is -1.86. The zero-order valence-corrected chi connectivity index (χ0v) is 15.0. The SMILES string of the molecule is CC(C)c1cccc2c1oc1cccc(-c3ccc4ccccc4c3)c12. The summed E-state index contributed by atoms with van der Waals surface area (Å²) in [5.74, 6) is 0.434. The molecule has 4 aromatic carbocycles. The molecule has 5 rings (SSSR count). The third-order valence-corrected chi connectivity index (χ3v) is 5.24. The summed E-state index contributed by atoms with van der Waals surface area (Å²) in [6.45, 7) is 4.43. The van der Waals surface area contributed by atoms with Gasteiger partial charge in [0.25, 0.3) is 0 Å². The van der Waals surface area contributed by atoms with Crippen LogP contribution in [0.3, 0.4) is 0 Å². The van der Waals surface area contributed by atoms with E-state index in [0.29, 0.717) is 5.92 Å². The smallest absolute Gasteiger partial charge is 0.138 e. The van der Waals surface area contributed by atoms with Crippen molar-refractivity contribution < 1.29 is 4.42 Å². The van der Waals surface area contributed by atoms with Gasteiger partial charge in [-0.05, 0) is 45.5 Å². The molecule has 0 bridgehead atoms. The maximum Gasteiger partial charge on any atom is 0.138 e. The molecule has 1 aromatic heterocycles. The van der Waals surface area contributed by atoms with Crippen LogP contribution in [0.25, 0.3) is 43.8 Å². The van der Waals surface area contributed by atoms with E-state index < -0.39 is 0 Å². The van der Waals surface area contributed by atoms with Gasteiger partial charge in [-0.25, -0.2) is 0 Å². The molecule has 0 aliphatic carbocycles. The van der Waals surface area contributed by atoms with Crippen molar-refractivity contribution in [3.05, 3.63) is 84.4 Å². The average molecular weight is 336 g/mol. The third kappa shape index (κ3) is 2.24. The fraction of sp³-hybridized carbons (Fsp3) is 0.120. The van der Waals surface area contributed by atoms with E-state index in [9.17, 15) is 0 Å². The Balaban J connectivity index is 1.85. The molecule has 0 saturated heterocycles. The molecule has 0 N–H and O–H groups in total. The fourth-order valence-electron chi connectivity index (χ4n) is 3.92. The lowest BCUT2D eigenvalue weighted by molar-refractivity contribution is 0.657. The van der Waals surface area contributed by atoms with E-state index in [-0.39, 0.29) is 0 Å². The van der Waals surface area contributed by atoms with E-state index in [4.69, 9.17) is 4.42 Å². The van der Waals surface area contributed by atoms with Crippen molar-refractivity contribution in [1.82, 2.24) is 0 Å². The van der Waals surface area contributed by atoms with Crippen molar-refractivity contribution in [2.45, 2.75) is 19.8 Å². The molecular formula is C25H20O. The van der Waals surface area contributed by atoms with Crippen molar-refractivity contribution in [2.75, 3.05) is 0 Å². The summed E-state index contributed by atoms with van der Waals surface area (Å²) in [5.41, 5.74) is 5.70. The second-order valence-corrected chi connectivity index (χ2v) is 7.22. The summed E-state index contributed by atoms with van der Waals surface area (Å²) in [5, 5.41) is 4.94. The van der Waals surface area contributed by atoms with Crippen LogP contribution < -0.4 is 0 Å². The quantitative estimate of drug-likeness (QED) is 0.325. The summed E-state index contributed by atoms with van der Waals surface area (Å²) < 4.78 is 6.29. The maximum atomic E-state index is 6.29. The molecule has 26 heavy (non-hydrogen) atoms. The molecular weight excluding hydrogens is 316 g/mol. The first-order chi connectivity index (χ1) is 12.7. The van der Waals surface area contributed by atoms with Crippen LogP contribution in [0.5, 0.6) is 0 Å². The van der Waals surface area contributed by atoms with Crippen molar-refractivity contribution in [3.8, 4) is 11.1 Å². The van der Waals surface area contributed by atoms with E-state index in [1.165, 1.54) is 38.2 Å². The van der Waals surface area contributed by atoms with Crippen molar-refractivity contribution in [3.63, 3.8) is 0 Å². The predicted molar refractivity (Wildman–Crippen MR) is 111 cm³/mol. The summed E-state index contributed by atoms with van der Waals surface area (Å²) in [4.78, 5) is 0. The Morgan fingerprint density at radius 2 is 1.54 bits per heavy atom. The Kier molecular flexibility index (Phi) is 3.36. The molecule has 5 aromatic rings. The summed E-state index contributed by atoms with van der Waals surface area (Å²) in [6, 6.07) is 28.0. The van der Waals surface area contributed by atoms with Gasteiger partial charge in [-0.1, -0.05) is 80.6 Å². The highest BCUT2D eigenvalue weighted by atomic mass is 16.3. The first kappa shape index (κ1) is 15.2. The number of hydrogen-bond acceptors (Lipinski definition) is 1. The van der Waals surface area contributed by atoms with Gasteiger partial charge >= 0.3 is 0 Å². The topological polar surface area (TPSA) is 13.1 Å². The molecule has 0 radical (unpaired) electrons. The Morgan fingerprint density at radius 3 is 2.38 bits per heavy atom. The Labute approximate surface area is 152 Å². The van der Waals surface area contributed by atoms with E-state index in [1.807, 2.05) is 0 Å².